The van der Waals surface area contributed by atoms with Crippen LogP contribution < -0.4 is 0 Å². The topological polar surface area (TPSA) is 40.6 Å². The van der Waals surface area contributed by atoms with Crippen molar-refractivity contribution < 1.29 is 12.8 Å². The van der Waals surface area contributed by atoms with E-state index in [1.807, 2.05) is 0 Å². The zero-order valence-electron chi connectivity index (χ0n) is 11.0. The molecular weight excluding hydrogens is 291 g/mol. The van der Waals surface area contributed by atoms with E-state index in [1.165, 1.54) is 34.8 Å². The molecule has 0 atom stereocenters. The van der Waals surface area contributed by atoms with Gasteiger partial charge in [0.25, 0.3) is 10.2 Å². The zero-order chi connectivity index (χ0) is 14.5. The van der Waals surface area contributed by atoms with Gasteiger partial charge in [-0.1, -0.05) is 12.1 Å². The summed E-state index contributed by atoms with van der Waals surface area (Å²) in [6, 6.07) is 5.76. The molecule has 0 aliphatic carbocycles. The highest BCUT2D eigenvalue weighted by Gasteiger charge is 2.23. The van der Waals surface area contributed by atoms with Gasteiger partial charge in [-0.05, 0) is 24.1 Å². The first-order chi connectivity index (χ1) is 8.87. The Hall–Kier alpha value is -0.690. The summed E-state index contributed by atoms with van der Waals surface area (Å²) in [4.78, 5) is 0. The SMILES string of the molecule is CN(CCCCl)S(=O)(=O)N(C)Cc1ccc(F)cc1. The third kappa shape index (κ3) is 4.72. The highest BCUT2D eigenvalue weighted by atomic mass is 35.5. The van der Waals surface area contributed by atoms with Crippen LogP contribution in [0, 0.1) is 5.82 Å². The molecule has 0 fully saturated rings. The monoisotopic (exact) mass is 308 g/mol. The van der Waals surface area contributed by atoms with E-state index in [-0.39, 0.29) is 12.4 Å². The van der Waals surface area contributed by atoms with Crippen molar-refractivity contribution in [2.45, 2.75) is 13.0 Å². The van der Waals surface area contributed by atoms with E-state index in [0.717, 1.165) is 5.56 Å². The Morgan fingerprint density at radius 3 is 2.26 bits per heavy atom. The fraction of sp³-hybridized carbons (Fsp3) is 0.500. The van der Waals surface area contributed by atoms with Crippen LogP contribution >= 0.6 is 11.6 Å². The lowest BCUT2D eigenvalue weighted by molar-refractivity contribution is 0.389. The van der Waals surface area contributed by atoms with Gasteiger partial charge in [0.15, 0.2) is 0 Å². The van der Waals surface area contributed by atoms with Crippen molar-refractivity contribution in [3.05, 3.63) is 35.6 Å². The summed E-state index contributed by atoms with van der Waals surface area (Å²) in [5.41, 5.74) is 0.734. The maximum Gasteiger partial charge on any atom is 0.281 e. The molecule has 4 nitrogen and oxygen atoms in total. The summed E-state index contributed by atoms with van der Waals surface area (Å²) in [5.74, 6) is 0.0788. The van der Waals surface area contributed by atoms with Gasteiger partial charge < -0.3 is 0 Å². The molecule has 1 aromatic rings. The number of alkyl halides is 1. The van der Waals surface area contributed by atoms with Crippen molar-refractivity contribution in [3.63, 3.8) is 0 Å². The van der Waals surface area contributed by atoms with Crippen LogP contribution in [0.1, 0.15) is 12.0 Å². The molecule has 0 bridgehead atoms. The van der Waals surface area contributed by atoms with Gasteiger partial charge in [0.05, 0.1) is 0 Å². The molecule has 0 amide bonds. The summed E-state index contributed by atoms with van der Waals surface area (Å²) in [6.45, 7) is 0.577. The molecule has 0 aliphatic rings. The van der Waals surface area contributed by atoms with Gasteiger partial charge in [-0.25, -0.2) is 4.39 Å². The maximum atomic E-state index is 12.8. The number of benzene rings is 1. The van der Waals surface area contributed by atoms with Gasteiger partial charge in [-0.2, -0.15) is 17.0 Å². The minimum Gasteiger partial charge on any atom is -0.207 e. The molecule has 0 saturated heterocycles. The second-order valence-corrected chi connectivity index (χ2v) is 6.77. The van der Waals surface area contributed by atoms with Gasteiger partial charge >= 0.3 is 0 Å². The Balaban J connectivity index is 2.70. The van der Waals surface area contributed by atoms with Gasteiger partial charge in [0.2, 0.25) is 0 Å². The summed E-state index contributed by atoms with van der Waals surface area (Å²) >= 11 is 5.55. The maximum absolute atomic E-state index is 12.8. The number of hydrogen-bond donors (Lipinski definition) is 0. The molecule has 0 saturated carbocycles. The molecule has 0 aliphatic heterocycles. The van der Waals surface area contributed by atoms with Gasteiger partial charge in [-0.15, -0.1) is 11.6 Å². The predicted molar refractivity (Wildman–Crippen MR) is 74.8 cm³/mol. The Labute approximate surface area is 119 Å². The van der Waals surface area contributed by atoms with Crippen molar-refractivity contribution in [2.75, 3.05) is 26.5 Å². The van der Waals surface area contributed by atoms with Crippen LogP contribution in [0.4, 0.5) is 4.39 Å². The molecule has 0 spiro atoms. The molecule has 0 unspecified atom stereocenters. The first-order valence-corrected chi connectivity index (χ1v) is 7.79. The van der Waals surface area contributed by atoms with E-state index < -0.39 is 10.2 Å². The fourth-order valence-electron chi connectivity index (χ4n) is 1.56. The molecule has 19 heavy (non-hydrogen) atoms. The van der Waals surface area contributed by atoms with E-state index in [2.05, 4.69) is 0 Å². The van der Waals surface area contributed by atoms with Crippen LogP contribution in [0.3, 0.4) is 0 Å². The van der Waals surface area contributed by atoms with E-state index in [9.17, 15) is 12.8 Å². The van der Waals surface area contributed by atoms with Crippen LogP contribution in [-0.4, -0.2) is 43.5 Å². The average molecular weight is 309 g/mol. The first kappa shape index (κ1) is 16.4. The normalized spacial score (nSPS) is 12.3. The fourth-order valence-corrected chi connectivity index (χ4v) is 2.83. The molecule has 0 heterocycles. The van der Waals surface area contributed by atoms with Crippen LogP contribution in [0.15, 0.2) is 24.3 Å². The molecule has 1 rings (SSSR count). The van der Waals surface area contributed by atoms with Crippen LogP contribution in [0.2, 0.25) is 0 Å². The lowest BCUT2D eigenvalue weighted by Gasteiger charge is -2.24. The summed E-state index contributed by atoms with van der Waals surface area (Å²) in [6.07, 6.45) is 0.599. The van der Waals surface area contributed by atoms with Crippen LogP contribution in [-0.2, 0) is 16.8 Å². The molecule has 0 radical (unpaired) electrons. The molecular formula is C12H18ClFN2O2S. The largest absolute Gasteiger partial charge is 0.281 e. The third-order valence-corrected chi connectivity index (χ3v) is 4.87. The summed E-state index contributed by atoms with van der Waals surface area (Å²) in [5, 5.41) is 0. The van der Waals surface area contributed by atoms with E-state index in [1.54, 1.807) is 12.1 Å². The predicted octanol–water partition coefficient (Wildman–Crippen LogP) is 2.06. The second kappa shape index (κ2) is 7.19. The highest BCUT2D eigenvalue weighted by molar-refractivity contribution is 7.86. The van der Waals surface area contributed by atoms with Crippen molar-refractivity contribution >= 4 is 21.8 Å². The smallest absolute Gasteiger partial charge is 0.207 e. The van der Waals surface area contributed by atoms with Gasteiger partial charge in [0, 0.05) is 33.1 Å². The minimum absolute atomic E-state index is 0.202. The van der Waals surface area contributed by atoms with E-state index >= 15 is 0 Å². The second-order valence-electron chi connectivity index (χ2n) is 4.25. The quantitative estimate of drug-likeness (QED) is 0.724. The molecule has 7 heteroatoms. The Morgan fingerprint density at radius 1 is 1.16 bits per heavy atom. The molecule has 0 aromatic heterocycles. The van der Waals surface area contributed by atoms with Crippen molar-refractivity contribution in [3.8, 4) is 0 Å². The first-order valence-electron chi connectivity index (χ1n) is 5.86. The Kier molecular flexibility index (Phi) is 6.19. The average Bonchev–Trinajstić information content (AvgIpc) is 2.38. The summed E-state index contributed by atoms with van der Waals surface area (Å²) in [7, 11) is -0.492. The van der Waals surface area contributed by atoms with E-state index in [0.29, 0.717) is 18.8 Å². The lowest BCUT2D eigenvalue weighted by atomic mass is 10.2. The van der Waals surface area contributed by atoms with Gasteiger partial charge in [0.1, 0.15) is 5.82 Å². The zero-order valence-corrected chi connectivity index (χ0v) is 12.6. The lowest BCUT2D eigenvalue weighted by Crippen LogP contribution is -2.39. The summed E-state index contributed by atoms with van der Waals surface area (Å²) < 4.78 is 39.6. The third-order valence-electron chi connectivity index (χ3n) is 2.71. The number of halogens is 2. The minimum atomic E-state index is -3.51. The Morgan fingerprint density at radius 2 is 1.74 bits per heavy atom. The van der Waals surface area contributed by atoms with Crippen molar-refractivity contribution in [2.24, 2.45) is 0 Å². The van der Waals surface area contributed by atoms with Crippen molar-refractivity contribution in [1.82, 2.24) is 8.61 Å². The van der Waals surface area contributed by atoms with Crippen LogP contribution in [0.25, 0.3) is 0 Å². The number of rotatable bonds is 7. The van der Waals surface area contributed by atoms with Crippen molar-refractivity contribution in [1.29, 1.82) is 0 Å². The van der Waals surface area contributed by atoms with Crippen LogP contribution in [0.5, 0.6) is 0 Å². The highest BCUT2D eigenvalue weighted by Crippen LogP contribution is 2.11. The molecule has 1 aromatic carbocycles. The van der Waals surface area contributed by atoms with Gasteiger partial charge in [-0.3, -0.25) is 0 Å². The number of hydrogen-bond acceptors (Lipinski definition) is 2. The molecule has 108 valence electrons. The Bertz CT molecular complexity index is 493. The number of nitrogens with zero attached hydrogens (tertiary/aromatic N) is 2. The molecule has 0 N–H and O–H groups in total. The standard InChI is InChI=1S/C12H18ClFN2O2S/c1-15(9-3-8-13)19(17,18)16(2)10-11-4-6-12(14)7-5-11/h4-7H,3,8-10H2,1-2H3. The van der Waals surface area contributed by atoms with E-state index in [4.69, 9.17) is 11.6 Å².